The molecular formula is C12H17BN2O5. The zero-order valence-corrected chi connectivity index (χ0v) is 11.3. The van der Waals surface area contributed by atoms with Gasteiger partial charge in [0.15, 0.2) is 0 Å². The van der Waals surface area contributed by atoms with Crippen molar-refractivity contribution < 1.29 is 24.3 Å². The Kier molecular flexibility index (Phi) is 4.94. The number of amides is 1. The van der Waals surface area contributed by atoms with E-state index < -0.39 is 7.12 Å². The summed E-state index contributed by atoms with van der Waals surface area (Å²) < 4.78 is 10.5. The predicted molar refractivity (Wildman–Crippen MR) is 72.0 cm³/mol. The second kappa shape index (κ2) is 6.69. The summed E-state index contributed by atoms with van der Waals surface area (Å²) in [7, 11) is -1.67. The largest absolute Gasteiger partial charge is 0.490 e. The van der Waals surface area contributed by atoms with Crippen LogP contribution in [0.15, 0.2) is 12.3 Å². The van der Waals surface area contributed by atoms with E-state index in [2.05, 4.69) is 4.98 Å². The van der Waals surface area contributed by atoms with Gasteiger partial charge < -0.3 is 24.4 Å². The van der Waals surface area contributed by atoms with Crippen LogP contribution in [0.1, 0.15) is 17.3 Å². The molecule has 1 amide bonds. The van der Waals surface area contributed by atoms with Gasteiger partial charge >= 0.3 is 7.12 Å². The maximum atomic E-state index is 12.5. The Balaban J connectivity index is 2.30. The van der Waals surface area contributed by atoms with Crippen LogP contribution in [0.25, 0.3) is 0 Å². The summed E-state index contributed by atoms with van der Waals surface area (Å²) in [4.78, 5) is 18.1. The van der Waals surface area contributed by atoms with Gasteiger partial charge in [-0.05, 0) is 13.0 Å². The molecular weight excluding hydrogens is 263 g/mol. The van der Waals surface area contributed by atoms with E-state index >= 15 is 0 Å². The number of nitrogens with zero attached hydrogens (tertiary/aromatic N) is 2. The smallest absolute Gasteiger partial charge is 0.477 e. The van der Waals surface area contributed by atoms with Gasteiger partial charge in [-0.1, -0.05) is 0 Å². The fraction of sp³-hybridized carbons (Fsp3) is 0.500. The Bertz CT molecular complexity index is 477. The van der Waals surface area contributed by atoms with Crippen molar-refractivity contribution in [3.05, 3.63) is 17.8 Å². The molecule has 2 rings (SSSR count). The standard InChI is InChI=1S/C12H17BN2O5/c1-2-20-11-10(7-9(8-14-11)13(17)18)12(16)15-3-5-19-6-4-15/h7-8,17-18H,2-6H2,1H3. The topological polar surface area (TPSA) is 92.1 Å². The monoisotopic (exact) mass is 280 g/mol. The van der Waals surface area contributed by atoms with Crippen LogP contribution >= 0.6 is 0 Å². The summed E-state index contributed by atoms with van der Waals surface area (Å²) >= 11 is 0. The van der Waals surface area contributed by atoms with Gasteiger partial charge in [0.2, 0.25) is 5.88 Å². The highest BCUT2D eigenvalue weighted by atomic mass is 16.5. The fourth-order valence-corrected chi connectivity index (χ4v) is 1.95. The molecule has 1 aromatic heterocycles. The van der Waals surface area contributed by atoms with Gasteiger partial charge in [-0.15, -0.1) is 0 Å². The molecule has 2 N–H and O–H groups in total. The van der Waals surface area contributed by atoms with Gasteiger partial charge in [0.05, 0.1) is 19.8 Å². The summed E-state index contributed by atoms with van der Waals surface area (Å²) in [5.41, 5.74) is 0.393. The van der Waals surface area contributed by atoms with Crippen molar-refractivity contribution in [2.75, 3.05) is 32.9 Å². The SMILES string of the molecule is CCOc1ncc(B(O)O)cc1C(=O)N1CCOCC1. The molecule has 0 aliphatic carbocycles. The Hall–Kier alpha value is -1.64. The zero-order valence-electron chi connectivity index (χ0n) is 11.3. The van der Waals surface area contributed by atoms with Crippen LogP contribution in [0, 0.1) is 0 Å². The lowest BCUT2D eigenvalue weighted by Gasteiger charge is -2.27. The van der Waals surface area contributed by atoms with Crippen molar-refractivity contribution in [1.82, 2.24) is 9.88 Å². The molecule has 20 heavy (non-hydrogen) atoms. The minimum absolute atomic E-state index is 0.157. The number of pyridine rings is 1. The van der Waals surface area contributed by atoms with Gasteiger partial charge in [-0.25, -0.2) is 4.98 Å². The van der Waals surface area contributed by atoms with Crippen LogP contribution < -0.4 is 10.2 Å². The molecule has 1 aliphatic heterocycles. The first-order valence-corrected chi connectivity index (χ1v) is 6.49. The molecule has 1 fully saturated rings. The van der Waals surface area contributed by atoms with Crippen molar-refractivity contribution >= 4 is 18.5 Å². The highest BCUT2D eigenvalue weighted by Gasteiger charge is 2.25. The van der Waals surface area contributed by atoms with Crippen LogP contribution in [-0.2, 0) is 4.74 Å². The van der Waals surface area contributed by atoms with E-state index in [1.165, 1.54) is 12.3 Å². The number of rotatable bonds is 4. The van der Waals surface area contributed by atoms with Crippen molar-refractivity contribution in [1.29, 1.82) is 0 Å². The Morgan fingerprint density at radius 1 is 1.50 bits per heavy atom. The molecule has 0 bridgehead atoms. The van der Waals surface area contributed by atoms with E-state index in [0.717, 1.165) is 0 Å². The molecule has 0 aromatic carbocycles. The fourth-order valence-electron chi connectivity index (χ4n) is 1.95. The van der Waals surface area contributed by atoms with Gasteiger partial charge in [-0.3, -0.25) is 4.79 Å². The van der Waals surface area contributed by atoms with Crippen molar-refractivity contribution in [2.24, 2.45) is 0 Å². The van der Waals surface area contributed by atoms with Gasteiger partial charge in [0, 0.05) is 24.7 Å². The van der Waals surface area contributed by atoms with Crippen LogP contribution in [0.2, 0.25) is 0 Å². The molecule has 0 atom stereocenters. The minimum Gasteiger partial charge on any atom is -0.477 e. The molecule has 0 spiro atoms. The zero-order chi connectivity index (χ0) is 14.5. The van der Waals surface area contributed by atoms with Gasteiger partial charge in [0.1, 0.15) is 5.56 Å². The third-order valence-electron chi connectivity index (χ3n) is 2.98. The molecule has 7 nitrogen and oxygen atoms in total. The van der Waals surface area contributed by atoms with Crippen LogP contribution in [-0.4, -0.2) is 65.9 Å². The van der Waals surface area contributed by atoms with Gasteiger partial charge in [-0.2, -0.15) is 0 Å². The van der Waals surface area contributed by atoms with E-state index in [1.807, 2.05) is 0 Å². The number of morpholine rings is 1. The highest BCUT2D eigenvalue weighted by Crippen LogP contribution is 2.17. The third kappa shape index (κ3) is 3.27. The lowest BCUT2D eigenvalue weighted by Crippen LogP contribution is -2.41. The third-order valence-corrected chi connectivity index (χ3v) is 2.98. The molecule has 0 radical (unpaired) electrons. The average molecular weight is 280 g/mol. The molecule has 108 valence electrons. The maximum Gasteiger partial charge on any atom is 0.490 e. The molecule has 0 unspecified atom stereocenters. The number of aromatic nitrogens is 1. The summed E-state index contributed by atoms with van der Waals surface area (Å²) in [6.45, 7) is 4.14. The van der Waals surface area contributed by atoms with Crippen LogP contribution in [0.5, 0.6) is 5.88 Å². The number of carbonyl (C=O) groups is 1. The number of hydrogen-bond donors (Lipinski definition) is 2. The van der Waals surface area contributed by atoms with Gasteiger partial charge in [0.25, 0.3) is 5.91 Å². The molecule has 8 heteroatoms. The van der Waals surface area contributed by atoms with E-state index in [9.17, 15) is 14.8 Å². The predicted octanol–water partition coefficient (Wildman–Crippen LogP) is -1.37. The Morgan fingerprint density at radius 2 is 2.20 bits per heavy atom. The first-order valence-electron chi connectivity index (χ1n) is 6.49. The highest BCUT2D eigenvalue weighted by molar-refractivity contribution is 6.58. The molecule has 0 saturated carbocycles. The summed E-state index contributed by atoms with van der Waals surface area (Å²) in [5, 5.41) is 18.4. The summed E-state index contributed by atoms with van der Waals surface area (Å²) in [6, 6.07) is 1.40. The molecule has 1 aliphatic rings. The van der Waals surface area contributed by atoms with Crippen LogP contribution in [0.3, 0.4) is 0 Å². The second-order valence-electron chi connectivity index (χ2n) is 4.33. The average Bonchev–Trinajstić information content (AvgIpc) is 2.48. The number of carbonyl (C=O) groups excluding carboxylic acids is 1. The maximum absolute atomic E-state index is 12.5. The number of hydrogen-bond acceptors (Lipinski definition) is 6. The van der Waals surface area contributed by atoms with Crippen molar-refractivity contribution in [3.63, 3.8) is 0 Å². The van der Waals surface area contributed by atoms with Crippen molar-refractivity contribution in [3.8, 4) is 5.88 Å². The minimum atomic E-state index is -1.67. The molecule has 1 aromatic rings. The Morgan fingerprint density at radius 3 is 2.80 bits per heavy atom. The van der Waals surface area contributed by atoms with E-state index in [-0.39, 0.29) is 22.8 Å². The first kappa shape index (κ1) is 14.8. The second-order valence-corrected chi connectivity index (χ2v) is 4.33. The molecule has 1 saturated heterocycles. The first-order chi connectivity index (χ1) is 9.63. The summed E-state index contributed by atoms with van der Waals surface area (Å²) in [5.74, 6) is -0.0415. The van der Waals surface area contributed by atoms with Crippen molar-refractivity contribution in [2.45, 2.75) is 6.92 Å². The molecule has 2 heterocycles. The quantitative estimate of drug-likeness (QED) is 0.661. The Labute approximate surface area is 117 Å². The normalized spacial score (nSPS) is 15.1. The lowest BCUT2D eigenvalue weighted by molar-refractivity contribution is 0.0300. The number of ether oxygens (including phenoxy) is 2. The van der Waals surface area contributed by atoms with E-state index in [0.29, 0.717) is 32.9 Å². The summed E-state index contributed by atoms with van der Waals surface area (Å²) in [6.07, 6.45) is 1.28. The lowest BCUT2D eigenvalue weighted by atomic mass is 9.81. The van der Waals surface area contributed by atoms with Crippen LogP contribution in [0.4, 0.5) is 0 Å². The van der Waals surface area contributed by atoms with E-state index in [1.54, 1.807) is 11.8 Å². The van der Waals surface area contributed by atoms with E-state index in [4.69, 9.17) is 9.47 Å².